The van der Waals surface area contributed by atoms with Crippen LogP contribution in [0.5, 0.6) is 5.75 Å². The Bertz CT molecular complexity index is 686. The fourth-order valence-corrected chi connectivity index (χ4v) is 2.46. The highest BCUT2D eigenvalue weighted by Crippen LogP contribution is 2.37. The minimum Gasteiger partial charge on any atom is -0.491 e. The van der Waals surface area contributed by atoms with Gasteiger partial charge in [-0.3, -0.25) is 0 Å². The van der Waals surface area contributed by atoms with Crippen molar-refractivity contribution in [3.63, 3.8) is 0 Å². The van der Waals surface area contributed by atoms with Crippen LogP contribution in [0.2, 0.25) is 0 Å². The molecule has 1 saturated carbocycles. The largest absolute Gasteiger partial charge is 0.491 e. The first-order valence-corrected chi connectivity index (χ1v) is 7.09. The molecule has 0 atom stereocenters. The Morgan fingerprint density at radius 1 is 1.40 bits per heavy atom. The van der Waals surface area contributed by atoms with Gasteiger partial charge in [0.05, 0.1) is 6.61 Å². The van der Waals surface area contributed by atoms with Crippen LogP contribution in [0.25, 0.3) is 10.8 Å². The molecule has 20 heavy (non-hydrogen) atoms. The van der Waals surface area contributed by atoms with Gasteiger partial charge in [-0.1, -0.05) is 19.4 Å². The predicted octanol–water partition coefficient (Wildman–Crippen LogP) is 3.99. The molecule has 0 radical (unpaired) electrons. The van der Waals surface area contributed by atoms with E-state index in [-0.39, 0.29) is 11.1 Å². The number of hydrogen-bond donors (Lipinski definition) is 0. The third-order valence-corrected chi connectivity index (χ3v) is 3.82. The molecular formula is C16H17FO3. The van der Waals surface area contributed by atoms with Crippen LogP contribution in [0.1, 0.15) is 44.3 Å². The Labute approximate surface area is 116 Å². The molecule has 3 rings (SSSR count). The lowest BCUT2D eigenvalue weighted by molar-refractivity contribution is 0.301. The Kier molecular flexibility index (Phi) is 3.47. The molecule has 3 nitrogen and oxygen atoms in total. The third-order valence-electron chi connectivity index (χ3n) is 3.82. The number of ether oxygens (including phenoxy) is 1. The lowest BCUT2D eigenvalue weighted by Crippen LogP contribution is -2.13. The fourth-order valence-electron chi connectivity index (χ4n) is 2.46. The molecule has 2 aromatic rings. The van der Waals surface area contributed by atoms with Crippen molar-refractivity contribution < 1.29 is 13.5 Å². The van der Waals surface area contributed by atoms with Crippen LogP contribution in [0.15, 0.2) is 27.4 Å². The summed E-state index contributed by atoms with van der Waals surface area (Å²) in [5, 5.41) is 0.575. The van der Waals surface area contributed by atoms with Gasteiger partial charge in [0, 0.05) is 5.92 Å². The average Bonchev–Trinajstić information content (AvgIpc) is 2.35. The first-order chi connectivity index (χ1) is 9.70. The van der Waals surface area contributed by atoms with E-state index in [0.29, 0.717) is 23.7 Å². The van der Waals surface area contributed by atoms with Crippen molar-refractivity contribution in [3.8, 4) is 5.75 Å². The van der Waals surface area contributed by atoms with Gasteiger partial charge in [-0.15, -0.1) is 0 Å². The van der Waals surface area contributed by atoms with Crippen molar-refractivity contribution in [1.82, 2.24) is 0 Å². The van der Waals surface area contributed by atoms with Crippen LogP contribution in [-0.2, 0) is 0 Å². The van der Waals surface area contributed by atoms with E-state index in [1.165, 1.54) is 0 Å². The highest BCUT2D eigenvalue weighted by Gasteiger charge is 2.24. The van der Waals surface area contributed by atoms with Crippen molar-refractivity contribution >= 4 is 10.8 Å². The molecule has 0 bridgehead atoms. The summed E-state index contributed by atoms with van der Waals surface area (Å²) in [6, 6.07) is 5.09. The molecule has 0 spiro atoms. The highest BCUT2D eigenvalue weighted by molar-refractivity contribution is 5.83. The Morgan fingerprint density at radius 2 is 2.20 bits per heavy atom. The summed E-state index contributed by atoms with van der Waals surface area (Å²) in [6.07, 6.45) is 4.01. The van der Waals surface area contributed by atoms with Crippen molar-refractivity contribution in [2.24, 2.45) is 0 Å². The van der Waals surface area contributed by atoms with Gasteiger partial charge >= 0.3 is 5.63 Å². The Balaban J connectivity index is 2.08. The SMILES string of the molecule is CCCOc1ccc2cc(C3CCC3)oc(=O)c2c1F. The van der Waals surface area contributed by atoms with Gasteiger partial charge in [0.25, 0.3) is 0 Å². The summed E-state index contributed by atoms with van der Waals surface area (Å²) in [7, 11) is 0. The molecule has 0 N–H and O–H groups in total. The third kappa shape index (κ3) is 2.19. The van der Waals surface area contributed by atoms with Gasteiger partial charge in [0.1, 0.15) is 11.1 Å². The smallest absolute Gasteiger partial charge is 0.346 e. The van der Waals surface area contributed by atoms with E-state index >= 15 is 0 Å². The monoisotopic (exact) mass is 276 g/mol. The van der Waals surface area contributed by atoms with Crippen molar-refractivity contribution in [2.45, 2.75) is 38.5 Å². The lowest BCUT2D eigenvalue weighted by atomic mass is 9.83. The molecule has 1 fully saturated rings. The van der Waals surface area contributed by atoms with Crippen LogP contribution in [0.3, 0.4) is 0 Å². The highest BCUT2D eigenvalue weighted by atomic mass is 19.1. The van der Waals surface area contributed by atoms with Gasteiger partial charge < -0.3 is 9.15 Å². The van der Waals surface area contributed by atoms with E-state index in [1.807, 2.05) is 6.92 Å². The molecule has 1 heterocycles. The number of rotatable bonds is 4. The summed E-state index contributed by atoms with van der Waals surface area (Å²) in [5.74, 6) is 0.481. The van der Waals surface area contributed by atoms with Crippen LogP contribution in [0, 0.1) is 5.82 Å². The summed E-state index contributed by atoms with van der Waals surface area (Å²) in [4.78, 5) is 12.0. The van der Waals surface area contributed by atoms with Crippen molar-refractivity contribution in [3.05, 3.63) is 40.2 Å². The second kappa shape index (κ2) is 5.27. The van der Waals surface area contributed by atoms with E-state index in [9.17, 15) is 9.18 Å². The maximum absolute atomic E-state index is 14.3. The molecule has 1 aliphatic carbocycles. The minimum absolute atomic E-state index is 0.0123. The number of benzene rings is 1. The molecule has 1 aromatic carbocycles. The predicted molar refractivity (Wildman–Crippen MR) is 74.8 cm³/mol. The fraction of sp³-hybridized carbons (Fsp3) is 0.438. The second-order valence-electron chi connectivity index (χ2n) is 5.25. The van der Waals surface area contributed by atoms with Gasteiger partial charge in [-0.25, -0.2) is 9.18 Å². The number of fused-ring (bicyclic) bond motifs is 1. The maximum Gasteiger partial charge on any atom is 0.346 e. The molecule has 0 saturated heterocycles. The quantitative estimate of drug-likeness (QED) is 0.847. The van der Waals surface area contributed by atoms with Gasteiger partial charge in [-0.2, -0.15) is 0 Å². The topological polar surface area (TPSA) is 39.4 Å². The molecule has 0 unspecified atom stereocenters. The van der Waals surface area contributed by atoms with Gasteiger partial charge in [0.15, 0.2) is 11.6 Å². The normalized spacial score (nSPS) is 15.3. The zero-order valence-corrected chi connectivity index (χ0v) is 11.4. The van der Waals surface area contributed by atoms with E-state index in [2.05, 4.69) is 0 Å². The van der Waals surface area contributed by atoms with Crippen LogP contribution in [0.4, 0.5) is 4.39 Å². The van der Waals surface area contributed by atoms with Crippen molar-refractivity contribution in [2.75, 3.05) is 6.61 Å². The number of hydrogen-bond acceptors (Lipinski definition) is 3. The van der Waals surface area contributed by atoms with Crippen LogP contribution in [-0.4, -0.2) is 6.61 Å². The molecule has 1 aliphatic rings. The zero-order valence-electron chi connectivity index (χ0n) is 11.4. The summed E-state index contributed by atoms with van der Waals surface area (Å²) < 4.78 is 24.9. The van der Waals surface area contributed by atoms with E-state index in [4.69, 9.17) is 9.15 Å². The molecule has 4 heteroatoms. The van der Waals surface area contributed by atoms with E-state index in [0.717, 1.165) is 25.7 Å². The molecule has 0 amide bonds. The van der Waals surface area contributed by atoms with Gasteiger partial charge in [-0.05, 0) is 36.8 Å². The first-order valence-electron chi connectivity index (χ1n) is 7.09. The zero-order chi connectivity index (χ0) is 14.1. The van der Waals surface area contributed by atoms with Crippen LogP contribution < -0.4 is 10.4 Å². The Morgan fingerprint density at radius 3 is 2.85 bits per heavy atom. The summed E-state index contributed by atoms with van der Waals surface area (Å²) in [6.45, 7) is 2.37. The lowest BCUT2D eigenvalue weighted by Gasteiger charge is -2.24. The molecule has 0 aliphatic heterocycles. The summed E-state index contributed by atoms with van der Waals surface area (Å²) >= 11 is 0. The van der Waals surface area contributed by atoms with Gasteiger partial charge in [0.2, 0.25) is 0 Å². The second-order valence-corrected chi connectivity index (χ2v) is 5.25. The Hall–Kier alpha value is -1.84. The number of halogens is 1. The van der Waals surface area contributed by atoms with Crippen molar-refractivity contribution in [1.29, 1.82) is 0 Å². The van der Waals surface area contributed by atoms with Crippen LogP contribution >= 0.6 is 0 Å². The average molecular weight is 276 g/mol. The molecule has 106 valence electrons. The molecule has 1 aromatic heterocycles. The summed E-state index contributed by atoms with van der Waals surface area (Å²) in [5.41, 5.74) is -0.608. The van der Waals surface area contributed by atoms with E-state index < -0.39 is 11.4 Å². The maximum atomic E-state index is 14.3. The standard InChI is InChI=1S/C16H17FO3/c1-2-8-19-12-7-6-11-9-13(10-4-3-5-10)20-16(18)14(11)15(12)17/h6-7,9-10H,2-5,8H2,1H3. The molecular weight excluding hydrogens is 259 g/mol. The first kappa shape index (κ1) is 13.2. The van der Waals surface area contributed by atoms with E-state index in [1.54, 1.807) is 18.2 Å². The minimum atomic E-state index is -0.621.